The van der Waals surface area contributed by atoms with Gasteiger partial charge in [0.1, 0.15) is 5.82 Å². The van der Waals surface area contributed by atoms with Crippen LogP contribution in [0.4, 0.5) is 0 Å². The number of benzene rings is 1. The fourth-order valence-electron chi connectivity index (χ4n) is 2.08. The smallest absolute Gasteiger partial charge is 0.111 e. The highest BCUT2D eigenvalue weighted by atomic mass is 35.5. The van der Waals surface area contributed by atoms with Gasteiger partial charge in [-0.3, -0.25) is 0 Å². The van der Waals surface area contributed by atoms with Gasteiger partial charge in [0.25, 0.3) is 0 Å². The van der Waals surface area contributed by atoms with Crippen molar-refractivity contribution < 1.29 is 0 Å². The molecule has 2 rings (SSSR count). The van der Waals surface area contributed by atoms with Gasteiger partial charge in [-0.25, -0.2) is 4.98 Å². The monoisotopic (exact) mass is 316 g/mol. The van der Waals surface area contributed by atoms with Crippen LogP contribution in [0.1, 0.15) is 19.7 Å². The number of imidazole rings is 1. The fourth-order valence-corrected chi connectivity index (χ4v) is 2.78. The van der Waals surface area contributed by atoms with E-state index in [1.54, 1.807) is 0 Å². The Hall–Kier alpha value is -0.380. The number of alkyl halides is 1. The van der Waals surface area contributed by atoms with Gasteiger partial charge in [0.15, 0.2) is 0 Å². The number of hydrogen-bond donors (Lipinski definition) is 0. The maximum absolute atomic E-state index is 6.35. The number of thioether (sulfide) groups is 1. The predicted molar refractivity (Wildman–Crippen MR) is 86.8 cm³/mol. The van der Waals surface area contributed by atoms with Crippen molar-refractivity contribution in [3.8, 4) is 0 Å². The third-order valence-electron chi connectivity index (χ3n) is 3.21. The molecule has 0 aliphatic rings. The summed E-state index contributed by atoms with van der Waals surface area (Å²) in [5.41, 5.74) is 1.97. The molecule has 2 nitrogen and oxygen atoms in total. The first-order valence-corrected chi connectivity index (χ1v) is 8.37. The summed E-state index contributed by atoms with van der Waals surface area (Å²) >= 11 is 14.1. The molecular weight excluding hydrogens is 299 g/mol. The highest BCUT2D eigenvalue weighted by molar-refractivity contribution is 7.99. The molecule has 0 saturated carbocycles. The van der Waals surface area contributed by atoms with Crippen molar-refractivity contribution in [2.45, 2.75) is 31.6 Å². The lowest BCUT2D eigenvalue weighted by atomic mass is 10.2. The molecule has 0 N–H and O–H groups in total. The summed E-state index contributed by atoms with van der Waals surface area (Å²) < 4.78 is 2.35. The number of fused-ring (bicyclic) bond motifs is 1. The average molecular weight is 317 g/mol. The summed E-state index contributed by atoms with van der Waals surface area (Å²) in [6.45, 7) is 5.33. The molecule has 0 aliphatic heterocycles. The lowest BCUT2D eigenvalue weighted by Crippen LogP contribution is -2.24. The van der Waals surface area contributed by atoms with E-state index in [9.17, 15) is 0 Å². The highest BCUT2D eigenvalue weighted by Gasteiger charge is 2.21. The van der Waals surface area contributed by atoms with Crippen LogP contribution in [0, 0.1) is 0 Å². The second-order valence-electron chi connectivity index (χ2n) is 5.12. The number of hydrogen-bond acceptors (Lipinski definition) is 2. The van der Waals surface area contributed by atoms with Crippen LogP contribution in [0.5, 0.6) is 0 Å². The summed E-state index contributed by atoms with van der Waals surface area (Å²) in [5.74, 6) is 1.58. The van der Waals surface area contributed by atoms with E-state index in [0.717, 1.165) is 34.8 Å². The van der Waals surface area contributed by atoms with Crippen LogP contribution < -0.4 is 0 Å². The molecule has 1 aromatic carbocycles. The van der Waals surface area contributed by atoms with Crippen LogP contribution >= 0.6 is 35.0 Å². The highest BCUT2D eigenvalue weighted by Crippen LogP contribution is 2.30. The van der Waals surface area contributed by atoms with E-state index in [2.05, 4.69) is 29.7 Å². The predicted octanol–water partition coefficient (Wildman–Crippen LogP) is 4.61. The molecular formula is C14H18Cl2N2S. The van der Waals surface area contributed by atoms with E-state index in [1.165, 1.54) is 0 Å². The Balaban J connectivity index is 2.57. The quantitative estimate of drug-likeness (QED) is 0.749. The number of para-hydroxylation sites is 1. The van der Waals surface area contributed by atoms with Crippen molar-refractivity contribution in [3.05, 3.63) is 29.0 Å². The third-order valence-corrected chi connectivity index (χ3v) is 4.93. The van der Waals surface area contributed by atoms with Crippen LogP contribution in [0.15, 0.2) is 18.2 Å². The molecule has 1 heterocycles. The first kappa shape index (κ1) is 15.0. The molecule has 104 valence electrons. The standard InChI is InChI=1S/C14H18Cl2N2S/c1-14(2,19-3)9-18-12(7-8-15)17-11-6-4-5-10(16)13(11)18/h4-6H,7-9H2,1-3H3. The average Bonchev–Trinajstić information content (AvgIpc) is 2.69. The zero-order valence-electron chi connectivity index (χ0n) is 11.4. The van der Waals surface area contributed by atoms with E-state index < -0.39 is 0 Å². The van der Waals surface area contributed by atoms with Gasteiger partial charge >= 0.3 is 0 Å². The first-order chi connectivity index (χ1) is 8.98. The minimum absolute atomic E-state index is 0.133. The minimum Gasteiger partial charge on any atom is -0.325 e. The summed E-state index contributed by atoms with van der Waals surface area (Å²) in [5, 5.41) is 0.753. The lowest BCUT2D eigenvalue weighted by molar-refractivity contribution is 0.561. The first-order valence-electron chi connectivity index (χ1n) is 6.23. The van der Waals surface area contributed by atoms with Crippen LogP contribution in [0.2, 0.25) is 5.02 Å². The van der Waals surface area contributed by atoms with Gasteiger partial charge in [0.2, 0.25) is 0 Å². The van der Waals surface area contributed by atoms with Gasteiger partial charge in [-0.15, -0.1) is 11.6 Å². The van der Waals surface area contributed by atoms with Crippen molar-refractivity contribution >= 4 is 46.0 Å². The molecule has 0 bridgehead atoms. The molecule has 2 aromatic rings. The molecule has 0 aliphatic carbocycles. The Morgan fingerprint density at radius 2 is 2.11 bits per heavy atom. The summed E-state index contributed by atoms with van der Waals surface area (Å²) in [4.78, 5) is 4.67. The van der Waals surface area contributed by atoms with Gasteiger partial charge in [0.05, 0.1) is 16.1 Å². The van der Waals surface area contributed by atoms with E-state index in [4.69, 9.17) is 23.2 Å². The number of aryl methyl sites for hydroxylation is 1. The second kappa shape index (κ2) is 5.94. The van der Waals surface area contributed by atoms with Crippen LogP contribution in [0.3, 0.4) is 0 Å². The molecule has 0 saturated heterocycles. The summed E-state index contributed by atoms with van der Waals surface area (Å²) in [7, 11) is 0. The molecule has 1 aromatic heterocycles. The SMILES string of the molecule is CSC(C)(C)Cn1c(CCCl)nc2cccc(Cl)c21. The number of halogens is 2. The Labute approximate surface area is 128 Å². The van der Waals surface area contributed by atoms with Gasteiger partial charge in [0, 0.05) is 23.6 Å². The molecule has 0 fully saturated rings. The normalized spacial score (nSPS) is 12.3. The molecule has 0 unspecified atom stereocenters. The largest absolute Gasteiger partial charge is 0.325 e. The Morgan fingerprint density at radius 1 is 1.37 bits per heavy atom. The summed E-state index contributed by atoms with van der Waals surface area (Å²) in [6, 6.07) is 5.85. The number of nitrogens with zero attached hydrogens (tertiary/aromatic N) is 2. The lowest BCUT2D eigenvalue weighted by Gasteiger charge is -2.24. The van der Waals surface area contributed by atoms with Gasteiger partial charge < -0.3 is 4.57 Å². The molecule has 5 heteroatoms. The van der Waals surface area contributed by atoms with Gasteiger partial charge in [-0.1, -0.05) is 17.7 Å². The minimum atomic E-state index is 0.133. The molecule has 0 radical (unpaired) electrons. The molecule has 0 amide bonds. The Bertz CT molecular complexity index is 578. The molecule has 0 spiro atoms. The van der Waals surface area contributed by atoms with Crippen molar-refractivity contribution in [2.75, 3.05) is 12.1 Å². The zero-order chi connectivity index (χ0) is 14.0. The van der Waals surface area contributed by atoms with Crippen LogP contribution in [-0.2, 0) is 13.0 Å². The maximum Gasteiger partial charge on any atom is 0.111 e. The summed E-state index contributed by atoms with van der Waals surface area (Å²) in [6.07, 6.45) is 2.89. The van der Waals surface area contributed by atoms with Crippen molar-refractivity contribution in [3.63, 3.8) is 0 Å². The number of rotatable bonds is 5. The van der Waals surface area contributed by atoms with Crippen molar-refractivity contribution in [2.24, 2.45) is 0 Å². The van der Waals surface area contributed by atoms with Gasteiger partial charge in [-0.05, 0) is 32.2 Å². The Kier molecular flexibility index (Phi) is 4.70. The molecule has 0 atom stereocenters. The maximum atomic E-state index is 6.35. The van der Waals surface area contributed by atoms with Crippen LogP contribution in [-0.4, -0.2) is 26.4 Å². The molecule has 19 heavy (non-hydrogen) atoms. The van der Waals surface area contributed by atoms with E-state index >= 15 is 0 Å². The van der Waals surface area contributed by atoms with E-state index in [1.807, 2.05) is 30.0 Å². The second-order valence-corrected chi connectivity index (χ2v) is 7.42. The zero-order valence-corrected chi connectivity index (χ0v) is 13.7. The van der Waals surface area contributed by atoms with E-state index in [0.29, 0.717) is 5.88 Å². The van der Waals surface area contributed by atoms with Crippen LogP contribution in [0.25, 0.3) is 11.0 Å². The Morgan fingerprint density at radius 3 is 2.74 bits per heavy atom. The van der Waals surface area contributed by atoms with Crippen molar-refractivity contribution in [1.82, 2.24) is 9.55 Å². The van der Waals surface area contributed by atoms with Crippen molar-refractivity contribution in [1.29, 1.82) is 0 Å². The topological polar surface area (TPSA) is 17.8 Å². The van der Waals surface area contributed by atoms with Gasteiger partial charge in [-0.2, -0.15) is 11.8 Å². The fraction of sp³-hybridized carbons (Fsp3) is 0.500. The third kappa shape index (κ3) is 3.21. The van der Waals surface area contributed by atoms with E-state index in [-0.39, 0.29) is 4.75 Å². The number of aromatic nitrogens is 2.